The summed E-state index contributed by atoms with van der Waals surface area (Å²) in [5, 5.41) is 5.31. The van der Waals surface area contributed by atoms with Gasteiger partial charge in [-0.25, -0.2) is 4.98 Å². The summed E-state index contributed by atoms with van der Waals surface area (Å²) in [6.45, 7) is 5.09. The first-order chi connectivity index (χ1) is 21.0. The van der Waals surface area contributed by atoms with Gasteiger partial charge in [0, 0.05) is 29.2 Å². The van der Waals surface area contributed by atoms with Crippen molar-refractivity contribution in [1.29, 1.82) is 0 Å². The van der Waals surface area contributed by atoms with Gasteiger partial charge in [0.25, 0.3) is 0 Å². The molecule has 43 heavy (non-hydrogen) atoms. The minimum absolute atomic E-state index is 0.466. The average molecular weight is 593 g/mol. The summed E-state index contributed by atoms with van der Waals surface area (Å²) in [5.41, 5.74) is 6.85. The molecule has 0 aliphatic rings. The van der Waals surface area contributed by atoms with Crippen molar-refractivity contribution >= 4 is 21.6 Å². The minimum atomic E-state index is 0.466. The van der Waals surface area contributed by atoms with Crippen LogP contribution in [-0.2, 0) is 0 Å². The van der Waals surface area contributed by atoms with Gasteiger partial charge in [-0.1, -0.05) is 17.3 Å². The summed E-state index contributed by atoms with van der Waals surface area (Å²) in [5.74, 6) is 3.55. The van der Waals surface area contributed by atoms with Gasteiger partial charge in [0.2, 0.25) is 0 Å². The number of aryl methyl sites for hydroxylation is 1. The van der Waals surface area contributed by atoms with Crippen molar-refractivity contribution in [3.8, 4) is 56.2 Å². The van der Waals surface area contributed by atoms with Crippen molar-refractivity contribution in [2.24, 2.45) is 0 Å². The monoisotopic (exact) mass is 592 g/mol. The maximum absolute atomic E-state index is 6.09. The van der Waals surface area contributed by atoms with E-state index in [-0.39, 0.29) is 0 Å². The Morgan fingerprint density at radius 2 is 1.47 bits per heavy atom. The molecule has 0 radical (unpaired) electrons. The lowest BCUT2D eigenvalue weighted by atomic mass is 10.0. The highest BCUT2D eigenvalue weighted by molar-refractivity contribution is 7.21. The third-order valence-electron chi connectivity index (χ3n) is 7.30. The summed E-state index contributed by atoms with van der Waals surface area (Å²) in [6.07, 6.45) is 0.702. The zero-order valence-corrected chi connectivity index (χ0v) is 25.4. The fourth-order valence-electron chi connectivity index (χ4n) is 4.80. The van der Waals surface area contributed by atoms with E-state index in [0.29, 0.717) is 36.9 Å². The number of methoxy groups -OCH3 is 2. The van der Waals surface area contributed by atoms with Gasteiger partial charge in [-0.3, -0.25) is 0 Å². The molecule has 6 aromatic rings. The highest BCUT2D eigenvalue weighted by Crippen LogP contribution is 2.36. The number of thiazole rings is 1. The van der Waals surface area contributed by atoms with Crippen molar-refractivity contribution in [1.82, 2.24) is 10.1 Å². The van der Waals surface area contributed by atoms with Crippen LogP contribution in [0.4, 0.5) is 0 Å². The topological polar surface area (TPSA) is 75.8 Å². The Hall–Kier alpha value is -4.82. The molecular formula is C35H32N2O5S. The Kier molecular flexibility index (Phi) is 8.29. The second kappa shape index (κ2) is 12.6. The number of hydrogen-bond donors (Lipinski definition) is 0. The Morgan fingerprint density at radius 3 is 2.26 bits per heavy atom. The molecular weight excluding hydrogens is 560 g/mol. The molecule has 0 bridgehead atoms. The molecule has 218 valence electrons. The van der Waals surface area contributed by atoms with Crippen LogP contribution in [0.2, 0.25) is 0 Å². The molecule has 0 spiro atoms. The molecule has 0 atom stereocenters. The van der Waals surface area contributed by atoms with E-state index >= 15 is 0 Å². The number of hydrogen-bond acceptors (Lipinski definition) is 8. The lowest BCUT2D eigenvalue weighted by Crippen LogP contribution is -2.05. The third kappa shape index (κ3) is 6.20. The Morgan fingerprint density at radius 1 is 0.721 bits per heavy atom. The highest BCUT2D eigenvalue weighted by atomic mass is 32.1. The maximum Gasteiger partial charge on any atom is 0.167 e. The summed E-state index contributed by atoms with van der Waals surface area (Å²) in [6, 6.07) is 27.9. The smallest absolute Gasteiger partial charge is 0.167 e. The van der Waals surface area contributed by atoms with E-state index in [4.69, 9.17) is 28.5 Å². The first-order valence-corrected chi connectivity index (χ1v) is 14.9. The molecule has 2 heterocycles. The SMILES string of the molecule is COc1ccc(-c2cc(-c3cc(C)c(C)c(OC)c3)no2)cc1OCCCOc1ccc(-c2nc3ccccc3s2)cc1. The second-order valence-electron chi connectivity index (χ2n) is 10.1. The van der Waals surface area contributed by atoms with Crippen LogP contribution in [-0.4, -0.2) is 37.6 Å². The van der Waals surface area contributed by atoms with Gasteiger partial charge in [0.15, 0.2) is 17.3 Å². The average Bonchev–Trinajstić information content (AvgIpc) is 3.71. The van der Waals surface area contributed by atoms with Crippen LogP contribution in [0.25, 0.3) is 43.4 Å². The van der Waals surface area contributed by atoms with Gasteiger partial charge in [-0.05, 0) is 91.7 Å². The lowest BCUT2D eigenvalue weighted by Gasteiger charge is -2.12. The minimum Gasteiger partial charge on any atom is -0.496 e. The van der Waals surface area contributed by atoms with E-state index in [2.05, 4.69) is 24.2 Å². The summed E-state index contributed by atoms with van der Waals surface area (Å²) in [7, 11) is 3.30. The van der Waals surface area contributed by atoms with Crippen LogP contribution in [0, 0.1) is 13.8 Å². The van der Waals surface area contributed by atoms with Crippen molar-refractivity contribution in [2.45, 2.75) is 20.3 Å². The second-order valence-corrected chi connectivity index (χ2v) is 11.2. The van der Waals surface area contributed by atoms with Crippen LogP contribution >= 0.6 is 11.3 Å². The Labute approximate surface area is 254 Å². The Balaban J connectivity index is 1.06. The number of nitrogens with zero attached hydrogens (tertiary/aromatic N) is 2. The lowest BCUT2D eigenvalue weighted by molar-refractivity contribution is 0.240. The van der Waals surface area contributed by atoms with Crippen LogP contribution in [0.5, 0.6) is 23.0 Å². The number of rotatable bonds is 11. The van der Waals surface area contributed by atoms with Crippen LogP contribution in [0.15, 0.2) is 89.5 Å². The van der Waals surface area contributed by atoms with Crippen molar-refractivity contribution in [3.05, 3.63) is 96.1 Å². The molecule has 0 N–H and O–H groups in total. The first kappa shape index (κ1) is 28.3. The van der Waals surface area contributed by atoms with E-state index < -0.39 is 0 Å². The van der Waals surface area contributed by atoms with Gasteiger partial charge in [0.05, 0.1) is 37.6 Å². The highest BCUT2D eigenvalue weighted by Gasteiger charge is 2.15. The largest absolute Gasteiger partial charge is 0.496 e. The molecule has 0 saturated carbocycles. The van der Waals surface area contributed by atoms with E-state index in [1.54, 1.807) is 25.6 Å². The summed E-state index contributed by atoms with van der Waals surface area (Å²) >= 11 is 1.69. The zero-order chi connectivity index (χ0) is 29.8. The van der Waals surface area contributed by atoms with Gasteiger partial charge in [-0.2, -0.15) is 0 Å². The number of ether oxygens (including phenoxy) is 4. The summed E-state index contributed by atoms with van der Waals surface area (Å²) in [4.78, 5) is 4.73. The van der Waals surface area contributed by atoms with E-state index in [1.807, 2.05) is 79.7 Å². The van der Waals surface area contributed by atoms with Gasteiger partial charge in [-0.15, -0.1) is 11.3 Å². The van der Waals surface area contributed by atoms with Gasteiger partial charge in [0.1, 0.15) is 22.2 Å². The van der Waals surface area contributed by atoms with Gasteiger partial charge < -0.3 is 23.5 Å². The fraction of sp³-hybridized carbons (Fsp3) is 0.200. The molecule has 0 fully saturated rings. The first-order valence-electron chi connectivity index (χ1n) is 14.0. The standard InChI is InChI=1S/C35H32N2O5S/c1-22-18-26(20-31(39-4)23(22)2)29-21-32(42-37-29)25-12-15-30(38-3)33(19-25)41-17-7-16-40-27-13-10-24(11-14-27)35-36-28-8-5-6-9-34(28)43-35/h5-6,8-15,18-21H,7,16-17H2,1-4H3. The Bertz CT molecular complexity index is 1830. The molecule has 0 unspecified atom stereocenters. The predicted molar refractivity (Wildman–Crippen MR) is 171 cm³/mol. The maximum atomic E-state index is 6.09. The number of para-hydroxylation sites is 1. The van der Waals surface area contributed by atoms with E-state index in [0.717, 1.165) is 55.5 Å². The molecule has 0 saturated heterocycles. The van der Waals surface area contributed by atoms with Crippen molar-refractivity contribution in [2.75, 3.05) is 27.4 Å². The van der Waals surface area contributed by atoms with Crippen LogP contribution in [0.3, 0.4) is 0 Å². The van der Waals surface area contributed by atoms with Crippen molar-refractivity contribution in [3.63, 3.8) is 0 Å². The van der Waals surface area contributed by atoms with E-state index in [1.165, 1.54) is 4.70 Å². The molecule has 8 heteroatoms. The third-order valence-corrected chi connectivity index (χ3v) is 8.39. The molecule has 0 amide bonds. The van der Waals surface area contributed by atoms with Crippen LogP contribution < -0.4 is 18.9 Å². The van der Waals surface area contributed by atoms with Gasteiger partial charge >= 0.3 is 0 Å². The number of benzene rings is 4. The van der Waals surface area contributed by atoms with Crippen LogP contribution in [0.1, 0.15) is 17.5 Å². The molecule has 2 aromatic heterocycles. The molecule has 0 aliphatic carbocycles. The predicted octanol–water partition coefficient (Wildman–Crippen LogP) is 8.77. The molecule has 6 rings (SSSR count). The number of aromatic nitrogens is 2. The fourth-order valence-corrected chi connectivity index (χ4v) is 5.77. The zero-order valence-electron chi connectivity index (χ0n) is 24.5. The molecule has 0 aliphatic heterocycles. The molecule has 4 aromatic carbocycles. The summed E-state index contributed by atoms with van der Waals surface area (Å²) < 4.78 is 30.0. The number of fused-ring (bicyclic) bond motifs is 1. The van der Waals surface area contributed by atoms with E-state index in [9.17, 15) is 0 Å². The molecule has 7 nitrogen and oxygen atoms in total. The van der Waals surface area contributed by atoms with Crippen molar-refractivity contribution < 1.29 is 23.5 Å². The quantitative estimate of drug-likeness (QED) is 0.139. The normalized spacial score (nSPS) is 11.1.